The van der Waals surface area contributed by atoms with Gasteiger partial charge in [-0.3, -0.25) is 4.90 Å². The van der Waals surface area contributed by atoms with Crippen LogP contribution >= 0.6 is 0 Å². The largest absolute Gasteiger partial charge is 0.297 e. The van der Waals surface area contributed by atoms with Crippen molar-refractivity contribution in [2.75, 3.05) is 24.6 Å². The summed E-state index contributed by atoms with van der Waals surface area (Å²) < 4.78 is 35.7. The molecular formula is C12H16FNO2S. The Morgan fingerprint density at radius 2 is 1.94 bits per heavy atom. The summed E-state index contributed by atoms with van der Waals surface area (Å²) in [5.41, 5.74) is 1.98. The van der Waals surface area contributed by atoms with Crippen LogP contribution in [-0.2, 0) is 16.4 Å². The second kappa shape index (κ2) is 4.74. The molecule has 0 saturated carbocycles. The molecule has 1 aromatic rings. The molecule has 2 rings (SSSR count). The van der Waals surface area contributed by atoms with Gasteiger partial charge in [0.05, 0.1) is 11.5 Å². The normalized spacial score (nSPS) is 20.4. The van der Waals surface area contributed by atoms with Crippen LogP contribution in [0.5, 0.6) is 0 Å². The topological polar surface area (TPSA) is 37.4 Å². The molecule has 17 heavy (non-hydrogen) atoms. The first-order chi connectivity index (χ1) is 7.96. The van der Waals surface area contributed by atoms with E-state index in [2.05, 4.69) is 4.90 Å². The molecule has 3 nitrogen and oxygen atoms in total. The Labute approximate surface area is 101 Å². The molecule has 0 bridgehead atoms. The molecule has 1 fully saturated rings. The Balaban J connectivity index is 2.05. The highest BCUT2D eigenvalue weighted by molar-refractivity contribution is 7.91. The zero-order chi connectivity index (χ0) is 12.5. The summed E-state index contributed by atoms with van der Waals surface area (Å²) in [6, 6.07) is 4.73. The minimum absolute atomic E-state index is 0.210. The number of aryl methyl sites for hydroxylation is 1. The maximum Gasteiger partial charge on any atom is 0.152 e. The molecule has 0 aromatic heterocycles. The minimum Gasteiger partial charge on any atom is -0.297 e. The maximum atomic E-state index is 13.1. The van der Waals surface area contributed by atoms with Crippen molar-refractivity contribution >= 4 is 9.84 Å². The first kappa shape index (κ1) is 12.5. The zero-order valence-electron chi connectivity index (χ0n) is 9.82. The van der Waals surface area contributed by atoms with Crippen molar-refractivity contribution in [3.63, 3.8) is 0 Å². The molecule has 0 amide bonds. The molecule has 1 aromatic carbocycles. The fraction of sp³-hybridized carbons (Fsp3) is 0.500. The smallest absolute Gasteiger partial charge is 0.152 e. The SMILES string of the molecule is Cc1ccc(F)cc1CN1CCS(=O)(=O)CC1. The summed E-state index contributed by atoms with van der Waals surface area (Å²) in [4.78, 5) is 2.06. The van der Waals surface area contributed by atoms with Crippen LogP contribution in [0.15, 0.2) is 18.2 Å². The highest BCUT2D eigenvalue weighted by Gasteiger charge is 2.21. The molecule has 1 aliphatic rings. The van der Waals surface area contributed by atoms with Crippen molar-refractivity contribution in [2.24, 2.45) is 0 Å². The van der Waals surface area contributed by atoms with Crippen LogP contribution < -0.4 is 0 Å². The summed E-state index contributed by atoms with van der Waals surface area (Å²) in [7, 11) is -2.84. The predicted octanol–water partition coefficient (Wildman–Crippen LogP) is 1.36. The Bertz CT molecular complexity index is 499. The molecule has 0 N–H and O–H groups in total. The van der Waals surface area contributed by atoms with Gasteiger partial charge >= 0.3 is 0 Å². The third-order valence-electron chi connectivity index (χ3n) is 3.14. The molecular weight excluding hydrogens is 241 g/mol. The van der Waals surface area contributed by atoms with Gasteiger partial charge in [0.15, 0.2) is 9.84 Å². The highest BCUT2D eigenvalue weighted by Crippen LogP contribution is 2.14. The van der Waals surface area contributed by atoms with E-state index in [4.69, 9.17) is 0 Å². The summed E-state index contributed by atoms with van der Waals surface area (Å²) in [5.74, 6) is 0.179. The van der Waals surface area contributed by atoms with Crippen LogP contribution in [0.4, 0.5) is 4.39 Å². The Hall–Kier alpha value is -0.940. The molecule has 5 heteroatoms. The van der Waals surface area contributed by atoms with Crippen molar-refractivity contribution in [2.45, 2.75) is 13.5 Å². The van der Waals surface area contributed by atoms with E-state index in [9.17, 15) is 12.8 Å². The third-order valence-corrected chi connectivity index (χ3v) is 4.75. The van der Waals surface area contributed by atoms with E-state index in [1.165, 1.54) is 12.1 Å². The Morgan fingerprint density at radius 3 is 2.59 bits per heavy atom. The lowest BCUT2D eigenvalue weighted by Crippen LogP contribution is -2.39. The van der Waals surface area contributed by atoms with Gasteiger partial charge in [-0.05, 0) is 30.2 Å². The first-order valence-corrected chi connectivity index (χ1v) is 7.46. The minimum atomic E-state index is -2.84. The highest BCUT2D eigenvalue weighted by atomic mass is 32.2. The van der Waals surface area contributed by atoms with Crippen molar-refractivity contribution in [1.29, 1.82) is 0 Å². The van der Waals surface area contributed by atoms with Gasteiger partial charge in [0.1, 0.15) is 5.82 Å². The van der Waals surface area contributed by atoms with Gasteiger partial charge in [-0.1, -0.05) is 6.07 Å². The number of rotatable bonds is 2. The van der Waals surface area contributed by atoms with E-state index in [0.717, 1.165) is 11.1 Å². The number of hydrogen-bond acceptors (Lipinski definition) is 3. The first-order valence-electron chi connectivity index (χ1n) is 5.64. The average Bonchev–Trinajstić information content (AvgIpc) is 2.26. The van der Waals surface area contributed by atoms with Gasteiger partial charge in [-0.15, -0.1) is 0 Å². The van der Waals surface area contributed by atoms with Crippen LogP contribution in [0.1, 0.15) is 11.1 Å². The lowest BCUT2D eigenvalue weighted by Gasteiger charge is -2.27. The monoisotopic (exact) mass is 257 g/mol. The Morgan fingerprint density at radius 1 is 1.29 bits per heavy atom. The second-order valence-electron chi connectivity index (χ2n) is 4.50. The Kier molecular flexibility index (Phi) is 3.49. The van der Waals surface area contributed by atoms with Gasteiger partial charge in [0.2, 0.25) is 0 Å². The average molecular weight is 257 g/mol. The van der Waals surface area contributed by atoms with Crippen molar-refractivity contribution in [3.8, 4) is 0 Å². The third kappa shape index (κ3) is 3.26. The molecule has 1 saturated heterocycles. The number of halogens is 1. The molecule has 0 unspecified atom stereocenters. The fourth-order valence-electron chi connectivity index (χ4n) is 1.96. The van der Waals surface area contributed by atoms with Crippen molar-refractivity contribution < 1.29 is 12.8 Å². The van der Waals surface area contributed by atoms with E-state index in [-0.39, 0.29) is 17.3 Å². The van der Waals surface area contributed by atoms with Crippen LogP contribution in [-0.4, -0.2) is 37.9 Å². The summed E-state index contributed by atoms with van der Waals surface area (Å²) in [6.45, 7) is 3.64. The van der Waals surface area contributed by atoms with Crippen LogP contribution in [0.3, 0.4) is 0 Å². The molecule has 1 aliphatic heterocycles. The molecule has 0 aliphatic carbocycles. The van der Waals surface area contributed by atoms with Gasteiger partial charge in [0, 0.05) is 19.6 Å². The van der Waals surface area contributed by atoms with E-state index < -0.39 is 9.84 Å². The van der Waals surface area contributed by atoms with Gasteiger partial charge < -0.3 is 0 Å². The van der Waals surface area contributed by atoms with Crippen molar-refractivity contribution in [3.05, 3.63) is 35.1 Å². The lowest BCUT2D eigenvalue weighted by atomic mass is 10.1. The van der Waals surface area contributed by atoms with Gasteiger partial charge in [-0.2, -0.15) is 0 Å². The second-order valence-corrected chi connectivity index (χ2v) is 6.80. The van der Waals surface area contributed by atoms with Gasteiger partial charge in [0.25, 0.3) is 0 Å². The van der Waals surface area contributed by atoms with Crippen LogP contribution in [0.25, 0.3) is 0 Å². The lowest BCUT2D eigenvalue weighted by molar-refractivity contribution is 0.286. The molecule has 0 atom stereocenters. The van der Waals surface area contributed by atoms with Crippen LogP contribution in [0, 0.1) is 12.7 Å². The number of nitrogens with zero attached hydrogens (tertiary/aromatic N) is 1. The zero-order valence-corrected chi connectivity index (χ0v) is 10.6. The number of benzene rings is 1. The predicted molar refractivity (Wildman–Crippen MR) is 65.1 cm³/mol. The van der Waals surface area contributed by atoms with E-state index >= 15 is 0 Å². The summed E-state index contributed by atoms with van der Waals surface area (Å²) >= 11 is 0. The number of sulfone groups is 1. The maximum absolute atomic E-state index is 13.1. The molecule has 1 heterocycles. The standard InChI is InChI=1S/C12H16FNO2S/c1-10-2-3-12(13)8-11(10)9-14-4-6-17(15,16)7-5-14/h2-3,8H,4-7,9H2,1H3. The molecule has 0 spiro atoms. The molecule has 94 valence electrons. The van der Waals surface area contributed by atoms with Gasteiger partial charge in [-0.25, -0.2) is 12.8 Å². The summed E-state index contributed by atoms with van der Waals surface area (Å²) in [5, 5.41) is 0. The summed E-state index contributed by atoms with van der Waals surface area (Å²) in [6.07, 6.45) is 0. The molecule has 0 radical (unpaired) electrons. The number of hydrogen-bond donors (Lipinski definition) is 0. The van der Waals surface area contributed by atoms with E-state index in [0.29, 0.717) is 19.6 Å². The quantitative estimate of drug-likeness (QED) is 0.803. The van der Waals surface area contributed by atoms with E-state index in [1.54, 1.807) is 6.07 Å². The fourth-order valence-corrected chi connectivity index (χ4v) is 3.24. The van der Waals surface area contributed by atoms with Crippen LogP contribution in [0.2, 0.25) is 0 Å². The van der Waals surface area contributed by atoms with Crippen molar-refractivity contribution in [1.82, 2.24) is 4.90 Å². The van der Waals surface area contributed by atoms with E-state index in [1.807, 2.05) is 6.92 Å².